The molecule has 0 bridgehead atoms. The molecule has 0 aliphatic rings. The zero-order chi connectivity index (χ0) is 16.4. The van der Waals surface area contributed by atoms with E-state index in [9.17, 15) is 0 Å². The van der Waals surface area contributed by atoms with Gasteiger partial charge in [0.1, 0.15) is 11.4 Å². The van der Waals surface area contributed by atoms with E-state index in [-0.39, 0.29) is 11.0 Å². The summed E-state index contributed by atoms with van der Waals surface area (Å²) in [7, 11) is 0. The third-order valence-corrected chi connectivity index (χ3v) is 4.64. The lowest BCUT2D eigenvalue weighted by Crippen LogP contribution is -2.25. The fourth-order valence-electron chi connectivity index (χ4n) is 2.49. The summed E-state index contributed by atoms with van der Waals surface area (Å²) in [6.07, 6.45) is 1.13. The van der Waals surface area contributed by atoms with E-state index in [1.807, 2.05) is 0 Å². The minimum Gasteiger partial charge on any atom is -0.483 e. The number of ether oxygens (including phenoxy) is 1. The largest absolute Gasteiger partial charge is 0.483 e. The molecule has 2 rings (SSSR count). The van der Waals surface area contributed by atoms with E-state index >= 15 is 0 Å². The van der Waals surface area contributed by atoms with Crippen LogP contribution >= 0.6 is 0 Å². The zero-order valence-electron chi connectivity index (χ0n) is 14.7. The van der Waals surface area contributed by atoms with Gasteiger partial charge in [-0.15, -0.1) is 0 Å². The van der Waals surface area contributed by atoms with Crippen LogP contribution in [0.3, 0.4) is 0 Å². The van der Waals surface area contributed by atoms with Crippen LogP contribution in [0, 0.1) is 6.92 Å². The normalized spacial score (nSPS) is 12.3. The Balaban J connectivity index is 2.17. The fourth-order valence-corrected chi connectivity index (χ4v) is 2.49. The molecule has 118 valence electrons. The lowest BCUT2D eigenvalue weighted by Gasteiger charge is -2.28. The molecule has 0 aliphatic heterocycles. The molecule has 0 spiro atoms. The number of benzene rings is 2. The monoisotopic (exact) mass is 296 g/mol. The fraction of sp³-hybridized carbons (Fsp3) is 0.429. The van der Waals surface area contributed by atoms with Crippen molar-refractivity contribution in [2.24, 2.45) is 0 Å². The Kier molecular flexibility index (Phi) is 4.65. The summed E-state index contributed by atoms with van der Waals surface area (Å²) in [5.41, 5.74) is 3.69. The standard InChI is InChI=1S/C21H28O/c1-7-20(3,4)17-12-14-19(15-13-17)22-21(5,6)18-10-8-16(2)9-11-18/h8-15H,7H2,1-6H3. The average Bonchev–Trinajstić information content (AvgIpc) is 2.48. The maximum absolute atomic E-state index is 6.23. The van der Waals surface area contributed by atoms with Crippen LogP contribution in [0.4, 0.5) is 0 Å². The summed E-state index contributed by atoms with van der Waals surface area (Å²) >= 11 is 0. The quantitative estimate of drug-likeness (QED) is 0.658. The molecule has 0 radical (unpaired) electrons. The van der Waals surface area contributed by atoms with Crippen molar-refractivity contribution in [3.05, 3.63) is 65.2 Å². The molecule has 22 heavy (non-hydrogen) atoms. The van der Waals surface area contributed by atoms with Crippen molar-refractivity contribution < 1.29 is 4.74 Å². The van der Waals surface area contributed by atoms with Gasteiger partial charge in [0, 0.05) is 0 Å². The van der Waals surface area contributed by atoms with Gasteiger partial charge < -0.3 is 4.74 Å². The molecule has 0 aliphatic carbocycles. The Labute approximate surface area is 135 Å². The molecule has 0 aromatic heterocycles. The van der Waals surface area contributed by atoms with E-state index in [4.69, 9.17) is 4.74 Å². The van der Waals surface area contributed by atoms with Gasteiger partial charge in [-0.25, -0.2) is 0 Å². The summed E-state index contributed by atoms with van der Waals surface area (Å²) < 4.78 is 6.23. The van der Waals surface area contributed by atoms with E-state index in [0.29, 0.717) is 0 Å². The van der Waals surface area contributed by atoms with E-state index in [1.54, 1.807) is 0 Å². The van der Waals surface area contributed by atoms with Crippen LogP contribution < -0.4 is 4.74 Å². The number of hydrogen-bond donors (Lipinski definition) is 0. The van der Waals surface area contributed by atoms with Crippen LogP contribution in [-0.4, -0.2) is 0 Å². The van der Waals surface area contributed by atoms with Gasteiger partial charge in [-0.1, -0.05) is 62.7 Å². The van der Waals surface area contributed by atoms with Gasteiger partial charge in [0.25, 0.3) is 0 Å². The Hall–Kier alpha value is -1.76. The SMILES string of the molecule is CCC(C)(C)c1ccc(OC(C)(C)c2ccc(C)cc2)cc1. The smallest absolute Gasteiger partial charge is 0.128 e. The Morgan fingerprint density at radius 2 is 1.27 bits per heavy atom. The van der Waals surface area contributed by atoms with Crippen LogP contribution in [-0.2, 0) is 11.0 Å². The maximum atomic E-state index is 6.23. The summed E-state index contributed by atoms with van der Waals surface area (Å²) in [6, 6.07) is 17.1. The Morgan fingerprint density at radius 3 is 1.77 bits per heavy atom. The van der Waals surface area contributed by atoms with E-state index in [0.717, 1.165) is 12.2 Å². The van der Waals surface area contributed by atoms with E-state index in [1.165, 1.54) is 16.7 Å². The van der Waals surface area contributed by atoms with Crippen LogP contribution in [0.5, 0.6) is 5.75 Å². The molecule has 0 heterocycles. The molecule has 0 N–H and O–H groups in total. The number of rotatable bonds is 5. The highest BCUT2D eigenvalue weighted by atomic mass is 16.5. The van der Waals surface area contributed by atoms with Crippen LogP contribution in [0.2, 0.25) is 0 Å². The predicted molar refractivity (Wildman–Crippen MR) is 94.6 cm³/mol. The number of aryl methyl sites for hydroxylation is 1. The van der Waals surface area contributed by atoms with Crippen molar-refractivity contribution >= 4 is 0 Å². The highest BCUT2D eigenvalue weighted by Crippen LogP contribution is 2.31. The molecule has 0 saturated carbocycles. The highest BCUT2D eigenvalue weighted by molar-refractivity contribution is 5.33. The van der Waals surface area contributed by atoms with Gasteiger partial charge in [-0.2, -0.15) is 0 Å². The molecule has 1 nitrogen and oxygen atoms in total. The molecule has 0 saturated heterocycles. The zero-order valence-corrected chi connectivity index (χ0v) is 14.7. The van der Waals surface area contributed by atoms with Gasteiger partial charge in [-0.3, -0.25) is 0 Å². The number of hydrogen-bond acceptors (Lipinski definition) is 1. The van der Waals surface area contributed by atoms with Crippen LogP contribution in [0.25, 0.3) is 0 Å². The molecular formula is C21H28O. The highest BCUT2D eigenvalue weighted by Gasteiger charge is 2.23. The minimum atomic E-state index is -0.338. The molecule has 0 fully saturated rings. The molecule has 0 amide bonds. The van der Waals surface area contributed by atoms with Crippen molar-refractivity contribution in [3.8, 4) is 5.75 Å². The van der Waals surface area contributed by atoms with Crippen LogP contribution in [0.15, 0.2) is 48.5 Å². The molecule has 0 unspecified atom stereocenters. The summed E-state index contributed by atoms with van der Waals surface area (Å²) in [5.74, 6) is 0.918. The van der Waals surface area contributed by atoms with Crippen molar-refractivity contribution in [2.45, 2.75) is 59.0 Å². The topological polar surface area (TPSA) is 9.23 Å². The second-order valence-electron chi connectivity index (χ2n) is 7.24. The second-order valence-corrected chi connectivity index (χ2v) is 7.24. The predicted octanol–water partition coefficient (Wildman–Crippen LogP) is 6.00. The average molecular weight is 296 g/mol. The molecule has 1 heteroatoms. The minimum absolute atomic E-state index is 0.213. The van der Waals surface area contributed by atoms with Gasteiger partial charge in [0.15, 0.2) is 0 Å². The first-order valence-electron chi connectivity index (χ1n) is 8.11. The summed E-state index contributed by atoms with van der Waals surface area (Å²) in [4.78, 5) is 0. The van der Waals surface area contributed by atoms with E-state index in [2.05, 4.69) is 90.1 Å². The van der Waals surface area contributed by atoms with Crippen molar-refractivity contribution in [2.75, 3.05) is 0 Å². The Morgan fingerprint density at radius 1 is 0.773 bits per heavy atom. The molecule has 0 atom stereocenters. The lowest BCUT2D eigenvalue weighted by atomic mass is 9.82. The van der Waals surface area contributed by atoms with E-state index < -0.39 is 0 Å². The first-order chi connectivity index (χ1) is 10.2. The maximum Gasteiger partial charge on any atom is 0.128 e. The first-order valence-corrected chi connectivity index (χ1v) is 8.11. The van der Waals surface area contributed by atoms with Gasteiger partial charge in [-0.05, 0) is 55.9 Å². The third kappa shape index (κ3) is 3.71. The second kappa shape index (κ2) is 6.16. The van der Waals surface area contributed by atoms with Crippen molar-refractivity contribution in [1.29, 1.82) is 0 Å². The Bertz CT molecular complexity index is 603. The molecular weight excluding hydrogens is 268 g/mol. The molecule has 2 aromatic carbocycles. The van der Waals surface area contributed by atoms with Crippen molar-refractivity contribution in [1.82, 2.24) is 0 Å². The van der Waals surface area contributed by atoms with Crippen molar-refractivity contribution in [3.63, 3.8) is 0 Å². The first kappa shape index (κ1) is 16.6. The molecule has 2 aromatic rings. The third-order valence-electron chi connectivity index (χ3n) is 4.64. The van der Waals surface area contributed by atoms with Gasteiger partial charge >= 0.3 is 0 Å². The summed E-state index contributed by atoms with van der Waals surface area (Å²) in [5, 5.41) is 0. The van der Waals surface area contributed by atoms with Gasteiger partial charge in [0.2, 0.25) is 0 Å². The summed E-state index contributed by atoms with van der Waals surface area (Å²) in [6.45, 7) is 13.1. The lowest BCUT2D eigenvalue weighted by molar-refractivity contribution is 0.109. The van der Waals surface area contributed by atoms with Crippen LogP contribution in [0.1, 0.15) is 57.7 Å². The van der Waals surface area contributed by atoms with Gasteiger partial charge in [0.05, 0.1) is 0 Å².